The summed E-state index contributed by atoms with van der Waals surface area (Å²) in [5.74, 6) is 1.19. The van der Waals surface area contributed by atoms with Crippen LogP contribution in [0.15, 0.2) is 42.7 Å². The van der Waals surface area contributed by atoms with Crippen molar-refractivity contribution in [2.45, 2.75) is 33.4 Å². The smallest absolute Gasteiger partial charge is 0.232 e. The van der Waals surface area contributed by atoms with Gasteiger partial charge < -0.3 is 10.1 Å². The van der Waals surface area contributed by atoms with Gasteiger partial charge in [-0.2, -0.15) is 0 Å². The Labute approximate surface area is 126 Å². The van der Waals surface area contributed by atoms with Gasteiger partial charge in [-0.1, -0.05) is 44.2 Å². The molecular weight excluding hydrogens is 262 g/mol. The minimum atomic E-state index is -0.0367. The van der Waals surface area contributed by atoms with Crippen LogP contribution in [0.1, 0.15) is 38.1 Å². The molecular formula is C17H23N3O. The summed E-state index contributed by atoms with van der Waals surface area (Å²) in [6.07, 6.45) is 3.41. The Kier molecular flexibility index (Phi) is 5.69. The number of ether oxygens (including phenoxy) is 1. The summed E-state index contributed by atoms with van der Waals surface area (Å²) >= 11 is 0. The number of aromatic nitrogens is 2. The van der Waals surface area contributed by atoms with Gasteiger partial charge in [-0.05, 0) is 24.9 Å². The van der Waals surface area contributed by atoms with Gasteiger partial charge in [0.15, 0.2) is 0 Å². The van der Waals surface area contributed by atoms with E-state index < -0.39 is 0 Å². The molecule has 21 heavy (non-hydrogen) atoms. The highest BCUT2D eigenvalue weighted by molar-refractivity contribution is 5.18. The van der Waals surface area contributed by atoms with Gasteiger partial charge in [0.1, 0.15) is 6.10 Å². The van der Waals surface area contributed by atoms with Gasteiger partial charge in [0.05, 0.1) is 18.1 Å². The van der Waals surface area contributed by atoms with E-state index >= 15 is 0 Å². The lowest BCUT2D eigenvalue weighted by Crippen LogP contribution is -2.19. The highest BCUT2D eigenvalue weighted by atomic mass is 16.5. The topological polar surface area (TPSA) is 47.0 Å². The van der Waals surface area contributed by atoms with Crippen molar-refractivity contribution >= 4 is 0 Å². The summed E-state index contributed by atoms with van der Waals surface area (Å²) < 4.78 is 5.80. The number of nitrogens with zero attached hydrogens (tertiary/aromatic N) is 2. The van der Waals surface area contributed by atoms with Crippen LogP contribution in [0.5, 0.6) is 5.88 Å². The van der Waals surface area contributed by atoms with Crippen molar-refractivity contribution in [2.24, 2.45) is 5.92 Å². The molecule has 0 aliphatic carbocycles. The molecule has 1 aromatic heterocycles. The van der Waals surface area contributed by atoms with Gasteiger partial charge in [0.2, 0.25) is 5.88 Å². The fraction of sp³-hybridized carbons (Fsp3) is 0.412. The van der Waals surface area contributed by atoms with Crippen LogP contribution in [-0.4, -0.2) is 16.5 Å². The molecule has 0 bridgehead atoms. The van der Waals surface area contributed by atoms with Gasteiger partial charge in [0.25, 0.3) is 0 Å². The SMILES string of the molecule is CC(C)CNCc1cnc(OC(C)c2ccccc2)cn1. The van der Waals surface area contributed by atoms with Crippen LogP contribution in [0.4, 0.5) is 0 Å². The predicted molar refractivity (Wildman–Crippen MR) is 84.1 cm³/mol. The number of rotatable bonds is 7. The predicted octanol–water partition coefficient (Wildman–Crippen LogP) is 3.36. The van der Waals surface area contributed by atoms with E-state index in [1.54, 1.807) is 12.4 Å². The van der Waals surface area contributed by atoms with Gasteiger partial charge in [-0.3, -0.25) is 4.98 Å². The first-order chi connectivity index (χ1) is 10.1. The van der Waals surface area contributed by atoms with Crippen molar-refractivity contribution in [3.8, 4) is 5.88 Å². The summed E-state index contributed by atoms with van der Waals surface area (Å²) in [5, 5.41) is 3.34. The Bertz CT molecular complexity index is 525. The maximum Gasteiger partial charge on any atom is 0.232 e. The molecule has 0 saturated carbocycles. The van der Waals surface area contributed by atoms with Gasteiger partial charge in [-0.25, -0.2) is 4.98 Å². The molecule has 4 heteroatoms. The standard InChI is InChI=1S/C17H23N3O/c1-13(2)9-18-10-16-11-20-17(12-19-16)21-14(3)15-7-5-4-6-8-15/h4-8,11-14,18H,9-10H2,1-3H3. The summed E-state index contributed by atoms with van der Waals surface area (Å²) in [6.45, 7) is 8.08. The molecule has 112 valence electrons. The second-order valence-corrected chi connectivity index (χ2v) is 5.54. The molecule has 0 amide bonds. The van der Waals surface area contributed by atoms with Crippen LogP contribution in [0, 0.1) is 5.92 Å². The molecule has 2 aromatic rings. The molecule has 1 atom stereocenters. The molecule has 0 radical (unpaired) electrons. The zero-order chi connectivity index (χ0) is 15.1. The quantitative estimate of drug-likeness (QED) is 0.847. The van der Waals surface area contributed by atoms with E-state index in [-0.39, 0.29) is 6.10 Å². The van der Waals surface area contributed by atoms with E-state index in [0.717, 1.165) is 24.3 Å². The minimum Gasteiger partial charge on any atom is -0.469 e. The zero-order valence-electron chi connectivity index (χ0n) is 12.9. The molecule has 0 spiro atoms. The van der Waals surface area contributed by atoms with Crippen LogP contribution >= 0.6 is 0 Å². The molecule has 0 saturated heterocycles. The van der Waals surface area contributed by atoms with Crippen molar-refractivity contribution in [3.05, 3.63) is 54.0 Å². The third-order valence-corrected chi connectivity index (χ3v) is 3.11. The van der Waals surface area contributed by atoms with Gasteiger partial charge in [-0.15, -0.1) is 0 Å². The summed E-state index contributed by atoms with van der Waals surface area (Å²) in [6, 6.07) is 10.1. The molecule has 4 nitrogen and oxygen atoms in total. The number of hydrogen-bond acceptors (Lipinski definition) is 4. The lowest BCUT2D eigenvalue weighted by molar-refractivity contribution is 0.216. The minimum absolute atomic E-state index is 0.0367. The summed E-state index contributed by atoms with van der Waals surface area (Å²) in [4.78, 5) is 8.69. The lowest BCUT2D eigenvalue weighted by Gasteiger charge is -2.14. The van der Waals surface area contributed by atoms with Crippen LogP contribution in [-0.2, 0) is 6.54 Å². The van der Waals surface area contributed by atoms with Crippen LogP contribution in [0.25, 0.3) is 0 Å². The van der Waals surface area contributed by atoms with Crippen LogP contribution in [0.2, 0.25) is 0 Å². The van der Waals surface area contributed by atoms with E-state index in [9.17, 15) is 0 Å². The monoisotopic (exact) mass is 285 g/mol. The van der Waals surface area contributed by atoms with Crippen LogP contribution in [0.3, 0.4) is 0 Å². The largest absolute Gasteiger partial charge is 0.469 e. The van der Waals surface area contributed by atoms with Gasteiger partial charge >= 0.3 is 0 Å². The highest BCUT2D eigenvalue weighted by Gasteiger charge is 2.07. The van der Waals surface area contributed by atoms with Crippen molar-refractivity contribution in [1.82, 2.24) is 15.3 Å². The molecule has 0 aliphatic rings. The van der Waals surface area contributed by atoms with Gasteiger partial charge in [0, 0.05) is 6.54 Å². The number of hydrogen-bond donors (Lipinski definition) is 1. The van der Waals surface area contributed by atoms with E-state index in [1.165, 1.54) is 0 Å². The summed E-state index contributed by atoms with van der Waals surface area (Å²) in [7, 11) is 0. The van der Waals surface area contributed by atoms with Crippen molar-refractivity contribution in [1.29, 1.82) is 0 Å². The van der Waals surface area contributed by atoms with E-state index in [2.05, 4.69) is 29.1 Å². The van der Waals surface area contributed by atoms with E-state index in [0.29, 0.717) is 11.8 Å². The molecule has 1 N–H and O–H groups in total. The normalized spacial score (nSPS) is 12.4. The van der Waals surface area contributed by atoms with Crippen molar-refractivity contribution < 1.29 is 4.74 Å². The molecule has 2 rings (SSSR count). The first-order valence-corrected chi connectivity index (χ1v) is 7.38. The maximum absolute atomic E-state index is 5.80. The fourth-order valence-electron chi connectivity index (χ4n) is 1.96. The Morgan fingerprint density at radius 2 is 1.81 bits per heavy atom. The average molecular weight is 285 g/mol. The van der Waals surface area contributed by atoms with E-state index in [1.807, 2.05) is 37.3 Å². The van der Waals surface area contributed by atoms with Crippen molar-refractivity contribution in [3.63, 3.8) is 0 Å². The maximum atomic E-state index is 5.80. The second-order valence-electron chi connectivity index (χ2n) is 5.54. The van der Waals surface area contributed by atoms with E-state index in [4.69, 9.17) is 4.74 Å². The first kappa shape index (κ1) is 15.4. The average Bonchev–Trinajstić information content (AvgIpc) is 2.49. The third-order valence-electron chi connectivity index (χ3n) is 3.11. The number of nitrogens with one attached hydrogen (secondary N) is 1. The van der Waals surface area contributed by atoms with Crippen molar-refractivity contribution in [2.75, 3.05) is 6.54 Å². The lowest BCUT2D eigenvalue weighted by atomic mass is 10.1. The van der Waals surface area contributed by atoms with Crippen LogP contribution < -0.4 is 10.1 Å². The third kappa shape index (κ3) is 5.16. The molecule has 1 unspecified atom stereocenters. The Morgan fingerprint density at radius 1 is 1.05 bits per heavy atom. The highest BCUT2D eigenvalue weighted by Crippen LogP contribution is 2.18. The zero-order valence-corrected chi connectivity index (χ0v) is 12.9. The molecule has 0 fully saturated rings. The second kappa shape index (κ2) is 7.74. The fourth-order valence-corrected chi connectivity index (χ4v) is 1.96. The Hall–Kier alpha value is -1.94. The number of benzene rings is 1. The summed E-state index contributed by atoms with van der Waals surface area (Å²) in [5.41, 5.74) is 2.05. The first-order valence-electron chi connectivity index (χ1n) is 7.38. The molecule has 1 aromatic carbocycles. The Morgan fingerprint density at radius 3 is 2.43 bits per heavy atom. The molecule has 1 heterocycles. The Balaban J connectivity index is 1.87. The molecule has 0 aliphatic heterocycles.